The van der Waals surface area contributed by atoms with Gasteiger partial charge >= 0.3 is 0 Å². The fraction of sp³-hybridized carbons (Fsp3) is 0.357. The molecule has 2 aliphatic rings. The van der Waals surface area contributed by atoms with Crippen LogP contribution in [0.5, 0.6) is 0 Å². The summed E-state index contributed by atoms with van der Waals surface area (Å²) in [6, 6.07) is 20.8. The van der Waals surface area contributed by atoms with Gasteiger partial charge in [0.15, 0.2) is 0 Å². The molecule has 2 saturated heterocycles. The first-order chi connectivity index (χ1) is 16.6. The molecule has 0 saturated carbocycles. The van der Waals surface area contributed by atoms with Gasteiger partial charge in [-0.2, -0.15) is 0 Å². The summed E-state index contributed by atoms with van der Waals surface area (Å²) in [6.45, 7) is 2.47. The maximum absolute atomic E-state index is 13.3. The highest BCUT2D eigenvalue weighted by Gasteiger charge is 2.49. The van der Waals surface area contributed by atoms with Crippen molar-refractivity contribution in [3.8, 4) is 11.1 Å². The van der Waals surface area contributed by atoms with Crippen LogP contribution in [0.15, 0.2) is 72.9 Å². The Hall–Kier alpha value is -3.09. The third-order valence-corrected chi connectivity index (χ3v) is 7.25. The molecule has 5 rings (SSSR count). The van der Waals surface area contributed by atoms with Gasteiger partial charge in [-0.3, -0.25) is 14.7 Å². The molecule has 2 aliphatic heterocycles. The van der Waals surface area contributed by atoms with E-state index >= 15 is 0 Å². The van der Waals surface area contributed by atoms with Gasteiger partial charge in [-0.05, 0) is 60.3 Å². The van der Waals surface area contributed by atoms with Gasteiger partial charge in [0.05, 0.1) is 13.0 Å². The maximum atomic E-state index is 13.3. The summed E-state index contributed by atoms with van der Waals surface area (Å²) in [5.74, 6) is 0.0288. The van der Waals surface area contributed by atoms with Crippen molar-refractivity contribution < 1.29 is 14.3 Å². The normalized spacial score (nSPS) is 22.9. The van der Waals surface area contributed by atoms with Crippen LogP contribution in [0.3, 0.4) is 0 Å². The molecular weight excluding hydrogens is 429 g/mol. The van der Waals surface area contributed by atoms with Gasteiger partial charge < -0.3 is 10.0 Å². The molecule has 1 N–H and O–H groups in total. The zero-order chi connectivity index (χ0) is 23.5. The van der Waals surface area contributed by atoms with Crippen LogP contribution < -0.4 is 0 Å². The van der Waals surface area contributed by atoms with Crippen LogP contribution in [-0.4, -0.2) is 64.1 Å². The monoisotopic (exact) mass is 459 g/mol. The SMILES string of the molecule is O=C(Cc1ccccn1)N1CCCCN2[C@H](CO)[C@@H](c3ccc(-c4ccc(F)cc4)cc3)[C@@H]2C1. The number of nitrogens with zero attached hydrogens (tertiary/aromatic N) is 3. The van der Waals surface area contributed by atoms with E-state index in [4.69, 9.17) is 0 Å². The minimum atomic E-state index is -0.243. The van der Waals surface area contributed by atoms with Crippen molar-refractivity contribution in [3.05, 3.63) is 90.0 Å². The van der Waals surface area contributed by atoms with E-state index in [1.54, 1.807) is 18.3 Å². The number of carbonyl (C=O) groups excluding carboxylic acids is 1. The molecule has 0 unspecified atom stereocenters. The van der Waals surface area contributed by atoms with E-state index in [0.717, 1.165) is 42.8 Å². The highest BCUT2D eigenvalue weighted by atomic mass is 19.1. The number of carbonyl (C=O) groups is 1. The molecule has 5 nitrogen and oxygen atoms in total. The Morgan fingerprint density at radius 3 is 2.35 bits per heavy atom. The number of fused-ring (bicyclic) bond motifs is 1. The number of hydrogen-bond acceptors (Lipinski definition) is 4. The third kappa shape index (κ3) is 4.61. The summed E-state index contributed by atoms with van der Waals surface area (Å²) in [5.41, 5.74) is 3.97. The molecule has 0 spiro atoms. The molecule has 6 heteroatoms. The zero-order valence-electron chi connectivity index (χ0n) is 19.2. The molecule has 0 aliphatic carbocycles. The van der Waals surface area contributed by atoms with Gasteiger partial charge in [-0.15, -0.1) is 0 Å². The molecule has 2 aromatic carbocycles. The number of amides is 1. The Balaban J connectivity index is 1.34. The van der Waals surface area contributed by atoms with E-state index in [1.165, 1.54) is 17.7 Å². The first kappa shape index (κ1) is 22.7. The third-order valence-electron chi connectivity index (χ3n) is 7.25. The number of aliphatic hydroxyl groups is 1. The largest absolute Gasteiger partial charge is 0.395 e. The van der Waals surface area contributed by atoms with Gasteiger partial charge in [0.2, 0.25) is 5.91 Å². The van der Waals surface area contributed by atoms with Crippen molar-refractivity contribution in [1.82, 2.24) is 14.8 Å². The summed E-state index contributed by atoms with van der Waals surface area (Å²) < 4.78 is 13.3. The second-order valence-electron chi connectivity index (χ2n) is 9.25. The Labute approximate surface area is 199 Å². The molecule has 3 aromatic rings. The van der Waals surface area contributed by atoms with Crippen LogP contribution in [-0.2, 0) is 11.2 Å². The van der Waals surface area contributed by atoms with Gasteiger partial charge in [-0.25, -0.2) is 4.39 Å². The number of benzene rings is 2. The predicted octanol–water partition coefficient (Wildman–Crippen LogP) is 3.88. The molecule has 0 radical (unpaired) electrons. The first-order valence-corrected chi connectivity index (χ1v) is 12.0. The second kappa shape index (κ2) is 10.0. The number of hydrogen-bond donors (Lipinski definition) is 1. The van der Waals surface area contributed by atoms with Crippen molar-refractivity contribution in [3.63, 3.8) is 0 Å². The lowest BCUT2D eigenvalue weighted by molar-refractivity contribution is -0.135. The number of pyridine rings is 1. The van der Waals surface area contributed by atoms with Crippen LogP contribution in [0.2, 0.25) is 0 Å². The van der Waals surface area contributed by atoms with Crippen molar-refractivity contribution in [2.75, 3.05) is 26.2 Å². The standard InChI is InChI=1S/C28H30FN3O2/c29-23-12-10-21(11-13-23)20-6-8-22(9-7-20)28-25-18-31(15-3-4-16-32(25)26(28)19-33)27(34)17-24-5-1-2-14-30-24/h1-2,5-14,25-26,28,33H,3-4,15-19H2/t25-,26+,28-/m0/s1. The summed E-state index contributed by atoms with van der Waals surface area (Å²) in [6.07, 6.45) is 4.01. The lowest BCUT2D eigenvalue weighted by Gasteiger charge is -2.57. The average Bonchev–Trinajstić information content (AvgIpc) is 2.84. The smallest absolute Gasteiger partial charge is 0.228 e. The van der Waals surface area contributed by atoms with Crippen LogP contribution in [0.1, 0.15) is 30.0 Å². The van der Waals surface area contributed by atoms with Crippen molar-refractivity contribution in [2.24, 2.45) is 0 Å². The lowest BCUT2D eigenvalue weighted by atomic mass is 9.74. The van der Waals surface area contributed by atoms with E-state index in [2.05, 4.69) is 34.1 Å². The summed E-state index contributed by atoms with van der Waals surface area (Å²) >= 11 is 0. The topological polar surface area (TPSA) is 56.7 Å². The van der Waals surface area contributed by atoms with Crippen molar-refractivity contribution in [2.45, 2.75) is 37.3 Å². The summed E-state index contributed by atoms with van der Waals surface area (Å²) in [4.78, 5) is 21.8. The van der Waals surface area contributed by atoms with Gasteiger partial charge in [0.1, 0.15) is 5.82 Å². The first-order valence-electron chi connectivity index (χ1n) is 12.0. The fourth-order valence-electron chi connectivity index (χ4n) is 5.48. The molecule has 1 amide bonds. The molecule has 176 valence electrons. The molecule has 0 bridgehead atoms. The Bertz CT molecular complexity index is 1100. The Kier molecular flexibility index (Phi) is 6.70. The van der Waals surface area contributed by atoms with Crippen molar-refractivity contribution >= 4 is 5.91 Å². The van der Waals surface area contributed by atoms with Crippen molar-refractivity contribution in [1.29, 1.82) is 0 Å². The molecular formula is C28H30FN3O2. The highest BCUT2D eigenvalue weighted by Crippen LogP contribution is 2.42. The fourth-order valence-corrected chi connectivity index (χ4v) is 5.48. The highest BCUT2D eigenvalue weighted by molar-refractivity contribution is 5.78. The quantitative estimate of drug-likeness (QED) is 0.629. The van der Waals surface area contributed by atoms with Gasteiger partial charge in [0.25, 0.3) is 0 Å². The number of halogens is 1. The lowest BCUT2D eigenvalue weighted by Crippen LogP contribution is -2.68. The Morgan fingerprint density at radius 1 is 0.971 bits per heavy atom. The maximum Gasteiger partial charge on any atom is 0.228 e. The van der Waals surface area contributed by atoms with E-state index < -0.39 is 0 Å². The van der Waals surface area contributed by atoms with Crippen LogP contribution in [0, 0.1) is 5.82 Å². The van der Waals surface area contributed by atoms with E-state index in [0.29, 0.717) is 13.0 Å². The predicted molar refractivity (Wildman–Crippen MR) is 130 cm³/mol. The molecule has 1 aromatic heterocycles. The number of aromatic nitrogens is 1. The average molecular weight is 460 g/mol. The van der Waals surface area contributed by atoms with Gasteiger partial charge in [0, 0.05) is 43.0 Å². The molecule has 34 heavy (non-hydrogen) atoms. The summed E-state index contributed by atoms with van der Waals surface area (Å²) in [7, 11) is 0. The van der Waals surface area contributed by atoms with Crippen LogP contribution in [0.25, 0.3) is 11.1 Å². The van der Waals surface area contributed by atoms with Crippen LogP contribution >= 0.6 is 0 Å². The second-order valence-corrected chi connectivity index (χ2v) is 9.25. The number of rotatable bonds is 5. The Morgan fingerprint density at radius 2 is 1.68 bits per heavy atom. The molecule has 2 fully saturated rings. The minimum absolute atomic E-state index is 0.0625. The number of aliphatic hydroxyl groups excluding tert-OH is 1. The van der Waals surface area contributed by atoms with Crippen LogP contribution in [0.4, 0.5) is 4.39 Å². The van der Waals surface area contributed by atoms with E-state index in [9.17, 15) is 14.3 Å². The van der Waals surface area contributed by atoms with Gasteiger partial charge in [-0.1, -0.05) is 42.5 Å². The van der Waals surface area contributed by atoms with E-state index in [1.807, 2.05) is 23.1 Å². The zero-order valence-corrected chi connectivity index (χ0v) is 19.2. The molecule has 3 atom stereocenters. The van der Waals surface area contributed by atoms with E-state index in [-0.39, 0.29) is 36.3 Å². The minimum Gasteiger partial charge on any atom is -0.395 e. The molecule has 3 heterocycles. The summed E-state index contributed by atoms with van der Waals surface area (Å²) in [5, 5.41) is 10.2.